The molecule has 0 aromatic heterocycles. The molecule has 0 amide bonds. The topological polar surface area (TPSA) is 3.24 Å². The van der Waals surface area contributed by atoms with Gasteiger partial charge in [-0.2, -0.15) is 0 Å². The number of rotatable bonds is 2. The van der Waals surface area contributed by atoms with Crippen LogP contribution < -0.4 is 0 Å². The van der Waals surface area contributed by atoms with Gasteiger partial charge in [-0.25, -0.2) is 4.39 Å². The first-order chi connectivity index (χ1) is 6.18. The van der Waals surface area contributed by atoms with Crippen LogP contribution in [0.5, 0.6) is 0 Å². The minimum absolute atomic E-state index is 0.280. The van der Waals surface area contributed by atoms with Gasteiger partial charge in [0.25, 0.3) is 0 Å². The Morgan fingerprint density at radius 2 is 2.00 bits per heavy atom. The fourth-order valence-electron chi connectivity index (χ4n) is 2.29. The van der Waals surface area contributed by atoms with Gasteiger partial charge >= 0.3 is 0 Å². The normalized spacial score (nSPS) is 39.0. The molecule has 0 aromatic rings. The highest BCUT2D eigenvalue weighted by Gasteiger charge is 2.35. The van der Waals surface area contributed by atoms with Crippen molar-refractivity contribution >= 4 is 0 Å². The van der Waals surface area contributed by atoms with Gasteiger partial charge in [-0.15, -0.1) is 0 Å². The van der Waals surface area contributed by atoms with E-state index < -0.39 is 6.17 Å². The van der Waals surface area contributed by atoms with Crippen molar-refractivity contribution in [1.29, 1.82) is 0 Å². The molecule has 0 N–H and O–H groups in total. The van der Waals surface area contributed by atoms with Gasteiger partial charge in [-0.3, -0.25) is 4.90 Å². The van der Waals surface area contributed by atoms with Crippen molar-refractivity contribution < 1.29 is 4.39 Å². The van der Waals surface area contributed by atoms with Crippen LogP contribution in [0.1, 0.15) is 33.1 Å². The Hall–Kier alpha value is -0.110. The molecular weight excluding hydrogens is 165 g/mol. The van der Waals surface area contributed by atoms with Gasteiger partial charge in [-0.05, 0) is 44.6 Å². The summed E-state index contributed by atoms with van der Waals surface area (Å²) in [5.74, 6) is 1.16. The van der Waals surface area contributed by atoms with E-state index in [4.69, 9.17) is 0 Å². The Balaban J connectivity index is 1.86. The van der Waals surface area contributed by atoms with Crippen LogP contribution in [0.25, 0.3) is 0 Å². The molecule has 0 radical (unpaired) electrons. The van der Waals surface area contributed by atoms with Crippen molar-refractivity contribution in [3.8, 4) is 0 Å². The van der Waals surface area contributed by atoms with E-state index in [1.807, 2.05) is 6.92 Å². The quantitative estimate of drug-likeness (QED) is 0.639. The molecule has 3 atom stereocenters. The molecule has 1 aliphatic heterocycles. The third kappa shape index (κ3) is 2.04. The second-order valence-electron chi connectivity index (χ2n) is 4.85. The number of hydrogen-bond acceptors (Lipinski definition) is 1. The van der Waals surface area contributed by atoms with Gasteiger partial charge in [-0.1, -0.05) is 6.92 Å². The predicted octanol–water partition coefficient (Wildman–Crippen LogP) is 2.46. The summed E-state index contributed by atoms with van der Waals surface area (Å²) in [6, 6.07) is 0.630. The van der Waals surface area contributed by atoms with Crippen LogP contribution >= 0.6 is 0 Å². The van der Waals surface area contributed by atoms with Crippen LogP contribution in [0.3, 0.4) is 0 Å². The third-order valence-corrected chi connectivity index (χ3v) is 3.78. The van der Waals surface area contributed by atoms with Gasteiger partial charge in [0.15, 0.2) is 0 Å². The summed E-state index contributed by atoms with van der Waals surface area (Å²) in [5.41, 5.74) is 0. The van der Waals surface area contributed by atoms with Crippen molar-refractivity contribution in [2.24, 2.45) is 11.8 Å². The molecule has 1 saturated heterocycles. The second-order valence-corrected chi connectivity index (χ2v) is 4.85. The Morgan fingerprint density at radius 1 is 1.31 bits per heavy atom. The first kappa shape index (κ1) is 9.45. The first-order valence-corrected chi connectivity index (χ1v) is 5.56. The highest BCUT2D eigenvalue weighted by atomic mass is 19.1. The maximum atomic E-state index is 13.4. The predicted molar refractivity (Wildman–Crippen MR) is 52.4 cm³/mol. The van der Waals surface area contributed by atoms with E-state index in [1.165, 1.54) is 12.8 Å². The minimum atomic E-state index is -0.588. The Morgan fingerprint density at radius 3 is 2.54 bits per heavy atom. The highest BCUT2D eigenvalue weighted by Crippen LogP contribution is 2.36. The van der Waals surface area contributed by atoms with E-state index in [0.717, 1.165) is 18.9 Å². The van der Waals surface area contributed by atoms with Crippen molar-refractivity contribution in [3.63, 3.8) is 0 Å². The fraction of sp³-hybridized carbons (Fsp3) is 1.00. The van der Waals surface area contributed by atoms with E-state index in [2.05, 4.69) is 11.8 Å². The van der Waals surface area contributed by atoms with E-state index in [9.17, 15) is 4.39 Å². The molecule has 1 nitrogen and oxygen atoms in total. The van der Waals surface area contributed by atoms with E-state index in [0.29, 0.717) is 12.6 Å². The van der Waals surface area contributed by atoms with Crippen LogP contribution in [-0.2, 0) is 0 Å². The van der Waals surface area contributed by atoms with Gasteiger partial charge < -0.3 is 0 Å². The van der Waals surface area contributed by atoms with Gasteiger partial charge in [0.1, 0.15) is 6.17 Å². The van der Waals surface area contributed by atoms with Crippen molar-refractivity contribution in [1.82, 2.24) is 4.90 Å². The van der Waals surface area contributed by atoms with Crippen molar-refractivity contribution in [3.05, 3.63) is 0 Å². The van der Waals surface area contributed by atoms with Crippen LogP contribution in [0.4, 0.5) is 4.39 Å². The van der Waals surface area contributed by atoms with Crippen LogP contribution in [0.15, 0.2) is 0 Å². The summed E-state index contributed by atoms with van der Waals surface area (Å²) in [6.45, 7) is 6.09. The molecule has 76 valence electrons. The molecule has 1 heterocycles. The van der Waals surface area contributed by atoms with Gasteiger partial charge in [0, 0.05) is 12.6 Å². The molecule has 2 fully saturated rings. The molecule has 3 unspecified atom stereocenters. The first-order valence-electron chi connectivity index (χ1n) is 5.56. The number of nitrogens with zero attached hydrogens (tertiary/aromatic N) is 1. The summed E-state index contributed by atoms with van der Waals surface area (Å²) < 4.78 is 13.4. The molecule has 0 aromatic carbocycles. The molecule has 1 aliphatic carbocycles. The monoisotopic (exact) mass is 185 g/mol. The van der Waals surface area contributed by atoms with Crippen molar-refractivity contribution in [2.45, 2.75) is 45.3 Å². The summed E-state index contributed by atoms with van der Waals surface area (Å²) >= 11 is 0. The maximum Gasteiger partial charge on any atom is 0.115 e. The lowest BCUT2D eigenvalue weighted by Gasteiger charge is -2.37. The standard InChI is InChI=1S/C11H20FN/c1-8-5-6-13(7-11(8)12)9(2)10-3-4-10/h8-11H,3-7H2,1-2H3. The lowest BCUT2D eigenvalue weighted by atomic mass is 9.95. The molecule has 13 heavy (non-hydrogen) atoms. The van der Waals surface area contributed by atoms with E-state index in [1.54, 1.807) is 0 Å². The average Bonchev–Trinajstić information content (AvgIpc) is 2.91. The summed E-state index contributed by atoms with van der Waals surface area (Å²) in [5, 5.41) is 0. The zero-order valence-electron chi connectivity index (χ0n) is 8.67. The smallest absolute Gasteiger partial charge is 0.115 e. The molecule has 2 heteroatoms. The zero-order valence-corrected chi connectivity index (χ0v) is 8.67. The van der Waals surface area contributed by atoms with Gasteiger partial charge in [0.2, 0.25) is 0 Å². The van der Waals surface area contributed by atoms with E-state index in [-0.39, 0.29) is 5.92 Å². The molecular formula is C11H20FN. The number of piperidine rings is 1. The molecule has 0 spiro atoms. The average molecular weight is 185 g/mol. The van der Waals surface area contributed by atoms with Crippen LogP contribution in [0.2, 0.25) is 0 Å². The van der Waals surface area contributed by atoms with Crippen LogP contribution in [0, 0.1) is 11.8 Å². The Bertz CT molecular complexity index is 179. The summed E-state index contributed by atoms with van der Waals surface area (Å²) in [4.78, 5) is 2.35. The zero-order chi connectivity index (χ0) is 9.42. The largest absolute Gasteiger partial charge is 0.297 e. The summed E-state index contributed by atoms with van der Waals surface area (Å²) in [7, 11) is 0. The molecule has 2 rings (SSSR count). The Kier molecular flexibility index (Phi) is 2.59. The maximum absolute atomic E-state index is 13.4. The molecule has 0 bridgehead atoms. The molecule has 1 saturated carbocycles. The lowest BCUT2D eigenvalue weighted by molar-refractivity contribution is 0.0611. The third-order valence-electron chi connectivity index (χ3n) is 3.78. The fourth-order valence-corrected chi connectivity index (χ4v) is 2.29. The lowest BCUT2D eigenvalue weighted by Crippen LogP contribution is -2.46. The SMILES string of the molecule is CC1CCN(C(C)C2CC2)CC1F. The van der Waals surface area contributed by atoms with Crippen LogP contribution in [-0.4, -0.2) is 30.2 Å². The van der Waals surface area contributed by atoms with Gasteiger partial charge in [0.05, 0.1) is 0 Å². The number of alkyl halides is 1. The number of likely N-dealkylation sites (tertiary alicyclic amines) is 1. The molecule has 2 aliphatic rings. The minimum Gasteiger partial charge on any atom is -0.297 e. The number of halogens is 1. The highest BCUT2D eigenvalue weighted by molar-refractivity contribution is 4.89. The Labute approximate surface area is 80.3 Å². The second kappa shape index (κ2) is 3.56. The number of hydrogen-bond donors (Lipinski definition) is 0. The summed E-state index contributed by atoms with van der Waals surface area (Å²) in [6.07, 6.45) is 3.18. The van der Waals surface area contributed by atoms with E-state index >= 15 is 0 Å². The van der Waals surface area contributed by atoms with Crippen molar-refractivity contribution in [2.75, 3.05) is 13.1 Å².